The SMILES string of the molecule is CCNc1nc(NCCC(C)O)nc(N(C)C)n1. The molecule has 0 saturated carbocycles. The summed E-state index contributed by atoms with van der Waals surface area (Å²) in [6.45, 7) is 5.12. The highest BCUT2D eigenvalue weighted by Crippen LogP contribution is 2.11. The Balaban J connectivity index is 2.75. The number of anilines is 3. The normalized spacial score (nSPS) is 12.1. The van der Waals surface area contributed by atoms with Crippen LogP contribution in [0.1, 0.15) is 20.3 Å². The molecule has 3 N–H and O–H groups in total. The van der Waals surface area contributed by atoms with E-state index in [-0.39, 0.29) is 6.10 Å². The second kappa shape index (κ2) is 6.95. The summed E-state index contributed by atoms with van der Waals surface area (Å²) in [6, 6.07) is 0. The van der Waals surface area contributed by atoms with Crippen LogP contribution in [0, 0.1) is 0 Å². The number of nitrogens with one attached hydrogen (secondary N) is 2. The minimum absolute atomic E-state index is 0.333. The quantitative estimate of drug-likeness (QED) is 0.655. The molecule has 0 spiro atoms. The van der Waals surface area contributed by atoms with E-state index in [4.69, 9.17) is 0 Å². The van der Waals surface area contributed by atoms with Crippen LogP contribution in [0.5, 0.6) is 0 Å². The van der Waals surface area contributed by atoms with Gasteiger partial charge in [0.05, 0.1) is 6.10 Å². The molecule has 0 aliphatic carbocycles. The number of hydrogen-bond donors (Lipinski definition) is 3. The van der Waals surface area contributed by atoms with Gasteiger partial charge < -0.3 is 20.6 Å². The van der Waals surface area contributed by atoms with Crippen LogP contribution in [0.3, 0.4) is 0 Å². The van der Waals surface area contributed by atoms with E-state index in [2.05, 4.69) is 25.6 Å². The van der Waals surface area contributed by atoms with Crippen molar-refractivity contribution in [1.82, 2.24) is 15.0 Å². The molecule has 0 bridgehead atoms. The predicted molar refractivity (Wildman–Crippen MR) is 73.1 cm³/mol. The molecule has 18 heavy (non-hydrogen) atoms. The monoisotopic (exact) mass is 254 g/mol. The standard InChI is InChI=1S/C11H22N6O/c1-5-12-9-14-10(13-7-6-8(2)18)16-11(15-9)17(3)4/h8,18H,5-7H2,1-4H3,(H2,12,13,14,15,16). The van der Waals surface area contributed by atoms with Crippen molar-refractivity contribution in [2.45, 2.75) is 26.4 Å². The molecular formula is C11H22N6O. The number of nitrogens with zero attached hydrogens (tertiary/aromatic N) is 4. The Morgan fingerprint density at radius 2 is 1.78 bits per heavy atom. The van der Waals surface area contributed by atoms with Gasteiger partial charge in [-0.2, -0.15) is 15.0 Å². The van der Waals surface area contributed by atoms with Gasteiger partial charge in [-0.3, -0.25) is 0 Å². The Hall–Kier alpha value is -1.63. The van der Waals surface area contributed by atoms with E-state index >= 15 is 0 Å². The molecule has 7 nitrogen and oxygen atoms in total. The fourth-order valence-corrected chi connectivity index (χ4v) is 1.27. The Morgan fingerprint density at radius 3 is 2.28 bits per heavy atom. The molecule has 0 radical (unpaired) electrons. The minimum atomic E-state index is -0.333. The molecule has 1 heterocycles. The topological polar surface area (TPSA) is 86.2 Å². The van der Waals surface area contributed by atoms with Gasteiger partial charge in [-0.1, -0.05) is 0 Å². The molecule has 0 fully saturated rings. The van der Waals surface area contributed by atoms with E-state index in [9.17, 15) is 5.11 Å². The van der Waals surface area contributed by atoms with Gasteiger partial charge in [0.15, 0.2) is 0 Å². The average Bonchev–Trinajstić information content (AvgIpc) is 2.28. The third kappa shape index (κ3) is 4.70. The summed E-state index contributed by atoms with van der Waals surface area (Å²) in [5.41, 5.74) is 0. The van der Waals surface area contributed by atoms with Gasteiger partial charge in [-0.15, -0.1) is 0 Å². The van der Waals surface area contributed by atoms with Crippen LogP contribution in [0.2, 0.25) is 0 Å². The fraction of sp³-hybridized carbons (Fsp3) is 0.727. The van der Waals surface area contributed by atoms with E-state index in [0.717, 1.165) is 6.54 Å². The molecule has 1 unspecified atom stereocenters. The summed E-state index contributed by atoms with van der Waals surface area (Å²) in [7, 11) is 3.76. The summed E-state index contributed by atoms with van der Waals surface area (Å²) in [5, 5.41) is 15.3. The minimum Gasteiger partial charge on any atom is -0.393 e. The number of aromatic nitrogens is 3. The number of aliphatic hydroxyl groups excluding tert-OH is 1. The van der Waals surface area contributed by atoms with Gasteiger partial charge in [0, 0.05) is 27.2 Å². The van der Waals surface area contributed by atoms with Gasteiger partial charge in [0.25, 0.3) is 0 Å². The lowest BCUT2D eigenvalue weighted by Gasteiger charge is -2.14. The van der Waals surface area contributed by atoms with E-state index in [1.807, 2.05) is 25.9 Å². The maximum absolute atomic E-state index is 9.20. The lowest BCUT2D eigenvalue weighted by molar-refractivity contribution is 0.188. The summed E-state index contributed by atoms with van der Waals surface area (Å²) in [5.74, 6) is 1.67. The summed E-state index contributed by atoms with van der Waals surface area (Å²) >= 11 is 0. The zero-order valence-electron chi connectivity index (χ0n) is 11.4. The molecule has 0 amide bonds. The molecule has 1 aromatic heterocycles. The first kappa shape index (κ1) is 14.4. The largest absolute Gasteiger partial charge is 0.393 e. The second-order valence-electron chi connectivity index (χ2n) is 4.27. The van der Waals surface area contributed by atoms with Crippen molar-refractivity contribution in [1.29, 1.82) is 0 Å². The van der Waals surface area contributed by atoms with Gasteiger partial charge in [-0.25, -0.2) is 0 Å². The van der Waals surface area contributed by atoms with Crippen molar-refractivity contribution >= 4 is 17.8 Å². The predicted octanol–water partition coefficient (Wildman–Crippen LogP) is 0.552. The third-order valence-corrected chi connectivity index (χ3v) is 2.20. The highest BCUT2D eigenvalue weighted by atomic mass is 16.3. The zero-order valence-corrected chi connectivity index (χ0v) is 11.4. The van der Waals surface area contributed by atoms with Crippen molar-refractivity contribution in [3.8, 4) is 0 Å². The molecule has 0 saturated heterocycles. The molecule has 102 valence electrons. The van der Waals surface area contributed by atoms with Gasteiger partial charge in [-0.05, 0) is 20.3 Å². The van der Waals surface area contributed by atoms with Crippen molar-refractivity contribution < 1.29 is 5.11 Å². The third-order valence-electron chi connectivity index (χ3n) is 2.20. The fourth-order valence-electron chi connectivity index (χ4n) is 1.27. The van der Waals surface area contributed by atoms with E-state index in [1.54, 1.807) is 6.92 Å². The van der Waals surface area contributed by atoms with Gasteiger partial charge in [0.1, 0.15) is 0 Å². The lowest BCUT2D eigenvalue weighted by Crippen LogP contribution is -2.18. The van der Waals surface area contributed by atoms with Crippen LogP contribution in [-0.4, -0.2) is 53.3 Å². The molecule has 0 aromatic carbocycles. The van der Waals surface area contributed by atoms with Crippen LogP contribution in [0.25, 0.3) is 0 Å². The molecule has 1 aromatic rings. The molecule has 1 atom stereocenters. The average molecular weight is 254 g/mol. The van der Waals surface area contributed by atoms with Crippen LogP contribution >= 0.6 is 0 Å². The first-order valence-corrected chi connectivity index (χ1v) is 6.12. The number of hydrogen-bond acceptors (Lipinski definition) is 7. The van der Waals surface area contributed by atoms with Crippen molar-refractivity contribution in [3.63, 3.8) is 0 Å². The van der Waals surface area contributed by atoms with Crippen LogP contribution < -0.4 is 15.5 Å². The van der Waals surface area contributed by atoms with Crippen LogP contribution in [0.15, 0.2) is 0 Å². The van der Waals surface area contributed by atoms with E-state index < -0.39 is 0 Å². The van der Waals surface area contributed by atoms with E-state index in [0.29, 0.717) is 30.8 Å². The van der Waals surface area contributed by atoms with Crippen molar-refractivity contribution in [2.24, 2.45) is 0 Å². The smallest absolute Gasteiger partial charge is 0.231 e. The molecule has 1 rings (SSSR count). The maximum Gasteiger partial charge on any atom is 0.231 e. The number of aliphatic hydroxyl groups is 1. The maximum atomic E-state index is 9.20. The molecule has 7 heteroatoms. The summed E-state index contributed by atoms with van der Waals surface area (Å²) in [6.07, 6.45) is 0.320. The van der Waals surface area contributed by atoms with Crippen LogP contribution in [0.4, 0.5) is 17.8 Å². The van der Waals surface area contributed by atoms with Gasteiger partial charge in [0.2, 0.25) is 17.8 Å². The van der Waals surface area contributed by atoms with Crippen molar-refractivity contribution in [2.75, 3.05) is 42.7 Å². The highest BCUT2D eigenvalue weighted by Gasteiger charge is 2.07. The second-order valence-corrected chi connectivity index (χ2v) is 4.27. The molecule has 0 aliphatic rings. The molecular weight excluding hydrogens is 232 g/mol. The Labute approximate surface area is 108 Å². The van der Waals surface area contributed by atoms with Crippen LogP contribution in [-0.2, 0) is 0 Å². The highest BCUT2D eigenvalue weighted by molar-refractivity contribution is 5.42. The Morgan fingerprint density at radius 1 is 1.17 bits per heavy atom. The van der Waals surface area contributed by atoms with Gasteiger partial charge >= 0.3 is 0 Å². The first-order valence-electron chi connectivity index (χ1n) is 6.12. The summed E-state index contributed by atoms with van der Waals surface area (Å²) in [4.78, 5) is 14.6. The zero-order chi connectivity index (χ0) is 13.5. The number of rotatable bonds is 7. The molecule has 0 aliphatic heterocycles. The summed E-state index contributed by atoms with van der Waals surface area (Å²) < 4.78 is 0. The van der Waals surface area contributed by atoms with Crippen molar-refractivity contribution in [3.05, 3.63) is 0 Å². The lowest BCUT2D eigenvalue weighted by atomic mass is 10.3. The Kier molecular flexibility index (Phi) is 5.57. The first-order chi connectivity index (χ1) is 8.52. The van der Waals surface area contributed by atoms with E-state index in [1.165, 1.54) is 0 Å². The Bertz CT molecular complexity index is 369.